The van der Waals surface area contributed by atoms with Crippen molar-refractivity contribution >= 4 is 23.2 Å². The number of carbonyl (C=O) groups is 2. The van der Waals surface area contributed by atoms with Crippen molar-refractivity contribution in [3.63, 3.8) is 0 Å². The average molecular weight is 273 g/mol. The molecule has 1 aromatic carbocycles. The third kappa shape index (κ3) is 3.45. The van der Waals surface area contributed by atoms with E-state index in [4.69, 9.17) is 5.73 Å². The second-order valence-electron chi connectivity index (χ2n) is 5.09. The van der Waals surface area contributed by atoms with Gasteiger partial charge in [0.25, 0.3) is 0 Å². The molecule has 1 aliphatic rings. The standard InChI is InChI=1S/C15H19N3O2/c1-9-3-6-13(17-10(2)19)8-14(9)18-15(20)11-4-5-12(16)7-11/h3-6,8,11-12H,7,16H2,1-2H3,(H,17,19)(H,18,20). The highest BCUT2D eigenvalue weighted by molar-refractivity contribution is 5.96. The summed E-state index contributed by atoms with van der Waals surface area (Å²) in [6, 6.07) is 5.37. The molecule has 0 aliphatic heterocycles. The van der Waals surface area contributed by atoms with Crippen LogP contribution in [0.25, 0.3) is 0 Å². The first-order chi connectivity index (χ1) is 9.45. The molecule has 5 nitrogen and oxygen atoms in total. The van der Waals surface area contributed by atoms with Gasteiger partial charge in [-0.25, -0.2) is 0 Å². The Kier molecular flexibility index (Phi) is 4.20. The Morgan fingerprint density at radius 1 is 1.25 bits per heavy atom. The van der Waals surface area contributed by atoms with E-state index < -0.39 is 0 Å². The monoisotopic (exact) mass is 273 g/mol. The number of hydrogen-bond acceptors (Lipinski definition) is 3. The van der Waals surface area contributed by atoms with Gasteiger partial charge in [-0.1, -0.05) is 18.2 Å². The van der Waals surface area contributed by atoms with Crippen LogP contribution in [0.2, 0.25) is 0 Å². The summed E-state index contributed by atoms with van der Waals surface area (Å²) in [5, 5.41) is 5.59. The largest absolute Gasteiger partial charge is 0.326 e. The van der Waals surface area contributed by atoms with Gasteiger partial charge in [0, 0.05) is 24.3 Å². The Hall–Kier alpha value is -2.14. The third-order valence-corrected chi connectivity index (χ3v) is 3.27. The van der Waals surface area contributed by atoms with E-state index in [-0.39, 0.29) is 23.8 Å². The lowest BCUT2D eigenvalue weighted by Gasteiger charge is -2.14. The van der Waals surface area contributed by atoms with Crippen LogP contribution in [0.1, 0.15) is 18.9 Å². The number of aryl methyl sites for hydroxylation is 1. The number of carbonyl (C=O) groups excluding carboxylic acids is 2. The zero-order valence-electron chi connectivity index (χ0n) is 11.6. The SMILES string of the molecule is CC(=O)Nc1ccc(C)c(NC(=O)C2C=CC(N)C2)c1. The molecule has 1 aliphatic carbocycles. The predicted octanol–water partition coefficient (Wildman–Crippen LogP) is 1.80. The second-order valence-corrected chi connectivity index (χ2v) is 5.09. The topological polar surface area (TPSA) is 84.2 Å². The molecule has 2 amide bonds. The molecule has 2 unspecified atom stereocenters. The van der Waals surface area contributed by atoms with Crippen LogP contribution in [0, 0.1) is 12.8 Å². The molecule has 0 radical (unpaired) electrons. The zero-order chi connectivity index (χ0) is 14.7. The fraction of sp³-hybridized carbons (Fsp3) is 0.333. The number of hydrogen-bond donors (Lipinski definition) is 3. The van der Waals surface area contributed by atoms with E-state index in [2.05, 4.69) is 10.6 Å². The second kappa shape index (κ2) is 5.88. The van der Waals surface area contributed by atoms with Crippen molar-refractivity contribution in [3.8, 4) is 0 Å². The molecule has 0 saturated heterocycles. The molecule has 106 valence electrons. The molecular formula is C15H19N3O2. The Morgan fingerprint density at radius 3 is 2.60 bits per heavy atom. The van der Waals surface area contributed by atoms with Gasteiger partial charge in [-0.2, -0.15) is 0 Å². The van der Waals surface area contributed by atoms with Crippen molar-refractivity contribution in [3.05, 3.63) is 35.9 Å². The normalized spacial score (nSPS) is 20.8. The smallest absolute Gasteiger partial charge is 0.231 e. The van der Waals surface area contributed by atoms with Crippen LogP contribution in [0.3, 0.4) is 0 Å². The first-order valence-corrected chi connectivity index (χ1v) is 6.58. The van der Waals surface area contributed by atoms with Gasteiger partial charge in [0.15, 0.2) is 0 Å². The number of rotatable bonds is 3. The minimum Gasteiger partial charge on any atom is -0.326 e. The average Bonchev–Trinajstić information content (AvgIpc) is 2.79. The number of benzene rings is 1. The van der Waals surface area contributed by atoms with Gasteiger partial charge in [-0.3, -0.25) is 9.59 Å². The van der Waals surface area contributed by atoms with Crippen molar-refractivity contribution in [2.75, 3.05) is 10.6 Å². The first kappa shape index (κ1) is 14.3. The maximum absolute atomic E-state index is 12.1. The Labute approximate surface area is 118 Å². The van der Waals surface area contributed by atoms with Gasteiger partial charge in [0.05, 0.1) is 5.92 Å². The Morgan fingerprint density at radius 2 is 2.00 bits per heavy atom. The van der Waals surface area contributed by atoms with Gasteiger partial charge in [0.1, 0.15) is 0 Å². The highest BCUT2D eigenvalue weighted by Gasteiger charge is 2.23. The lowest BCUT2D eigenvalue weighted by atomic mass is 10.1. The van der Waals surface area contributed by atoms with E-state index in [0.29, 0.717) is 17.8 Å². The lowest BCUT2D eigenvalue weighted by molar-refractivity contribution is -0.118. The van der Waals surface area contributed by atoms with E-state index >= 15 is 0 Å². The maximum atomic E-state index is 12.1. The van der Waals surface area contributed by atoms with Crippen LogP contribution >= 0.6 is 0 Å². The zero-order valence-corrected chi connectivity index (χ0v) is 11.6. The molecule has 0 fully saturated rings. The first-order valence-electron chi connectivity index (χ1n) is 6.58. The molecule has 0 spiro atoms. The molecule has 2 atom stereocenters. The lowest BCUT2D eigenvalue weighted by Crippen LogP contribution is -2.24. The van der Waals surface area contributed by atoms with Crippen molar-refractivity contribution in [2.24, 2.45) is 11.7 Å². The minimum atomic E-state index is -0.186. The summed E-state index contributed by atoms with van der Waals surface area (Å²) in [7, 11) is 0. The summed E-state index contributed by atoms with van der Waals surface area (Å²) in [5.41, 5.74) is 8.06. The molecule has 0 heterocycles. The Bertz CT molecular complexity index is 566. The highest BCUT2D eigenvalue weighted by atomic mass is 16.2. The van der Waals surface area contributed by atoms with Crippen LogP contribution in [0.5, 0.6) is 0 Å². The number of anilines is 2. The number of nitrogens with one attached hydrogen (secondary N) is 2. The quantitative estimate of drug-likeness (QED) is 0.734. The number of nitrogens with two attached hydrogens (primary N) is 1. The van der Waals surface area contributed by atoms with Crippen molar-refractivity contribution in [1.29, 1.82) is 0 Å². The van der Waals surface area contributed by atoms with Crippen LogP contribution in [-0.4, -0.2) is 17.9 Å². The summed E-state index contributed by atoms with van der Waals surface area (Å²) in [6.45, 7) is 3.35. The minimum absolute atomic E-state index is 0.0439. The summed E-state index contributed by atoms with van der Waals surface area (Å²) in [4.78, 5) is 23.2. The Balaban J connectivity index is 2.10. The van der Waals surface area contributed by atoms with E-state index in [1.165, 1.54) is 6.92 Å². The molecule has 4 N–H and O–H groups in total. The molecule has 20 heavy (non-hydrogen) atoms. The highest BCUT2D eigenvalue weighted by Crippen LogP contribution is 2.23. The summed E-state index contributed by atoms with van der Waals surface area (Å²) in [5.74, 6) is -0.401. The van der Waals surface area contributed by atoms with Crippen LogP contribution in [0.15, 0.2) is 30.4 Å². The fourth-order valence-electron chi connectivity index (χ4n) is 2.18. The molecule has 1 aromatic rings. The maximum Gasteiger partial charge on any atom is 0.231 e. The van der Waals surface area contributed by atoms with Gasteiger partial charge in [-0.05, 0) is 31.0 Å². The van der Waals surface area contributed by atoms with E-state index in [9.17, 15) is 9.59 Å². The third-order valence-electron chi connectivity index (χ3n) is 3.27. The van der Waals surface area contributed by atoms with Gasteiger partial charge in [0.2, 0.25) is 11.8 Å². The van der Waals surface area contributed by atoms with Crippen molar-refractivity contribution in [2.45, 2.75) is 26.3 Å². The summed E-state index contributed by atoms with van der Waals surface area (Å²) < 4.78 is 0. The molecular weight excluding hydrogens is 254 g/mol. The van der Waals surface area contributed by atoms with E-state index in [1.54, 1.807) is 12.1 Å². The van der Waals surface area contributed by atoms with E-state index in [1.807, 2.05) is 25.1 Å². The van der Waals surface area contributed by atoms with Gasteiger partial charge >= 0.3 is 0 Å². The van der Waals surface area contributed by atoms with Gasteiger partial charge < -0.3 is 16.4 Å². The molecule has 0 bridgehead atoms. The van der Waals surface area contributed by atoms with Crippen LogP contribution in [-0.2, 0) is 9.59 Å². The fourth-order valence-corrected chi connectivity index (χ4v) is 2.18. The summed E-state index contributed by atoms with van der Waals surface area (Å²) in [6.07, 6.45) is 4.33. The summed E-state index contributed by atoms with van der Waals surface area (Å²) >= 11 is 0. The number of amides is 2. The molecule has 0 aromatic heterocycles. The molecule has 5 heteroatoms. The van der Waals surface area contributed by atoms with Gasteiger partial charge in [-0.15, -0.1) is 0 Å². The van der Waals surface area contributed by atoms with Crippen molar-refractivity contribution in [1.82, 2.24) is 0 Å². The van der Waals surface area contributed by atoms with E-state index in [0.717, 1.165) is 5.56 Å². The van der Waals surface area contributed by atoms with Crippen molar-refractivity contribution < 1.29 is 9.59 Å². The van der Waals surface area contributed by atoms with Crippen LogP contribution < -0.4 is 16.4 Å². The molecule has 2 rings (SSSR count). The van der Waals surface area contributed by atoms with Crippen LogP contribution in [0.4, 0.5) is 11.4 Å². The predicted molar refractivity (Wildman–Crippen MR) is 79.3 cm³/mol. The molecule has 0 saturated carbocycles.